The van der Waals surface area contributed by atoms with Gasteiger partial charge in [0.15, 0.2) is 0 Å². The lowest BCUT2D eigenvalue weighted by molar-refractivity contribution is -0.123. The average Bonchev–Trinajstić information content (AvgIpc) is 3.01. The summed E-state index contributed by atoms with van der Waals surface area (Å²) in [4.78, 5) is 15.4. The van der Waals surface area contributed by atoms with E-state index in [-0.39, 0.29) is 11.8 Å². The third-order valence-electron chi connectivity index (χ3n) is 3.19. The van der Waals surface area contributed by atoms with Gasteiger partial charge in [0.05, 0.1) is 6.33 Å². The van der Waals surface area contributed by atoms with E-state index in [1.807, 2.05) is 24.6 Å². The van der Waals surface area contributed by atoms with Crippen molar-refractivity contribution in [1.29, 1.82) is 0 Å². The minimum absolute atomic E-state index is 0.0423. The molecule has 1 aromatic heterocycles. The first-order chi connectivity index (χ1) is 10.2. The molecule has 0 bridgehead atoms. The highest BCUT2D eigenvalue weighted by Crippen LogP contribution is 2.08. The predicted octanol–water partition coefficient (Wildman–Crippen LogP) is 1.73. The number of aromatic nitrogens is 2. The maximum absolute atomic E-state index is 11.4. The Hall–Kier alpha value is -2.14. The van der Waals surface area contributed by atoms with Crippen molar-refractivity contribution in [3.63, 3.8) is 0 Å². The first-order valence-electron chi connectivity index (χ1n) is 7.22. The van der Waals surface area contributed by atoms with Crippen molar-refractivity contribution >= 4 is 5.91 Å². The second-order valence-corrected chi connectivity index (χ2v) is 5.26. The minimum Gasteiger partial charge on any atom is -0.355 e. The molecule has 2 N–H and O–H groups in total. The number of nitrogens with one attached hydrogen (secondary N) is 2. The average molecular weight is 286 g/mol. The summed E-state index contributed by atoms with van der Waals surface area (Å²) < 4.78 is 1.97. The van der Waals surface area contributed by atoms with Crippen LogP contribution in [0.4, 0.5) is 0 Å². The summed E-state index contributed by atoms with van der Waals surface area (Å²) in [5.41, 5.74) is 2.31. The highest BCUT2D eigenvalue weighted by Gasteiger charge is 2.04. The van der Waals surface area contributed by atoms with Crippen LogP contribution in [0.2, 0.25) is 0 Å². The molecule has 1 heterocycles. The lowest BCUT2D eigenvalue weighted by atomic mass is 10.2. The molecule has 0 radical (unpaired) electrons. The van der Waals surface area contributed by atoms with E-state index in [9.17, 15) is 4.79 Å². The SMILES string of the molecule is CC(C)C(=O)NCCNCc1ccc(-n2ccnc2)cc1. The summed E-state index contributed by atoms with van der Waals surface area (Å²) in [5.74, 6) is 0.141. The van der Waals surface area contributed by atoms with Crippen LogP contribution < -0.4 is 10.6 Å². The molecule has 1 amide bonds. The molecular formula is C16H22N4O. The topological polar surface area (TPSA) is 59.0 Å². The zero-order valence-electron chi connectivity index (χ0n) is 12.5. The van der Waals surface area contributed by atoms with Gasteiger partial charge >= 0.3 is 0 Å². The Bertz CT molecular complexity index is 546. The first kappa shape index (κ1) is 15.3. The van der Waals surface area contributed by atoms with Crippen molar-refractivity contribution in [2.75, 3.05) is 13.1 Å². The molecule has 0 aliphatic carbocycles. The second kappa shape index (κ2) is 7.59. The zero-order valence-corrected chi connectivity index (χ0v) is 12.5. The Kier molecular flexibility index (Phi) is 5.51. The lowest BCUT2D eigenvalue weighted by Gasteiger charge is -2.09. The number of rotatable bonds is 7. The van der Waals surface area contributed by atoms with Crippen LogP contribution in [0.15, 0.2) is 43.0 Å². The first-order valence-corrected chi connectivity index (χ1v) is 7.22. The fourth-order valence-corrected chi connectivity index (χ4v) is 1.91. The van der Waals surface area contributed by atoms with E-state index in [4.69, 9.17) is 0 Å². The summed E-state index contributed by atoms with van der Waals surface area (Å²) >= 11 is 0. The Morgan fingerprint density at radius 2 is 2.00 bits per heavy atom. The van der Waals surface area contributed by atoms with E-state index in [2.05, 4.69) is 39.9 Å². The van der Waals surface area contributed by atoms with Gasteiger partial charge in [0, 0.05) is 43.6 Å². The molecule has 5 heteroatoms. The van der Waals surface area contributed by atoms with Crippen LogP contribution in [0, 0.1) is 5.92 Å². The van der Waals surface area contributed by atoms with Crippen LogP contribution in [-0.4, -0.2) is 28.5 Å². The minimum atomic E-state index is 0.0423. The molecule has 2 aromatic rings. The van der Waals surface area contributed by atoms with Gasteiger partial charge in [0.25, 0.3) is 0 Å². The fraction of sp³-hybridized carbons (Fsp3) is 0.375. The highest BCUT2D eigenvalue weighted by atomic mass is 16.1. The van der Waals surface area contributed by atoms with Gasteiger partial charge in [-0.15, -0.1) is 0 Å². The van der Waals surface area contributed by atoms with Crippen molar-refractivity contribution in [2.24, 2.45) is 5.92 Å². The van der Waals surface area contributed by atoms with Gasteiger partial charge < -0.3 is 15.2 Å². The quantitative estimate of drug-likeness (QED) is 0.762. The predicted molar refractivity (Wildman–Crippen MR) is 83.1 cm³/mol. The van der Waals surface area contributed by atoms with E-state index in [0.717, 1.165) is 18.8 Å². The molecule has 2 rings (SSSR count). The smallest absolute Gasteiger partial charge is 0.222 e. The lowest BCUT2D eigenvalue weighted by Crippen LogP contribution is -2.34. The number of carbonyl (C=O) groups is 1. The van der Waals surface area contributed by atoms with Crippen LogP contribution in [0.3, 0.4) is 0 Å². The summed E-state index contributed by atoms with van der Waals surface area (Å²) in [5, 5.41) is 6.20. The number of hydrogen-bond donors (Lipinski definition) is 2. The van der Waals surface area contributed by atoms with E-state index in [0.29, 0.717) is 6.54 Å². The van der Waals surface area contributed by atoms with Crippen LogP contribution in [0.1, 0.15) is 19.4 Å². The normalized spacial score (nSPS) is 10.8. The van der Waals surface area contributed by atoms with E-state index in [1.165, 1.54) is 5.56 Å². The molecule has 5 nitrogen and oxygen atoms in total. The molecule has 0 aliphatic heterocycles. The summed E-state index contributed by atoms with van der Waals surface area (Å²) in [7, 11) is 0. The molecule has 0 saturated carbocycles. The van der Waals surface area contributed by atoms with Crippen molar-refractivity contribution in [2.45, 2.75) is 20.4 Å². The molecule has 0 unspecified atom stereocenters. The number of imidazole rings is 1. The van der Waals surface area contributed by atoms with E-state index in [1.54, 1.807) is 12.5 Å². The molecule has 0 fully saturated rings. The van der Waals surface area contributed by atoms with Gasteiger partial charge in [-0.2, -0.15) is 0 Å². The monoisotopic (exact) mass is 286 g/mol. The summed E-state index contributed by atoms with van der Waals surface area (Å²) in [6.45, 7) is 6.00. The van der Waals surface area contributed by atoms with Crippen molar-refractivity contribution < 1.29 is 4.79 Å². The number of nitrogens with zero attached hydrogens (tertiary/aromatic N) is 2. The molecule has 0 atom stereocenters. The van der Waals surface area contributed by atoms with Gasteiger partial charge in [0.2, 0.25) is 5.91 Å². The van der Waals surface area contributed by atoms with Gasteiger partial charge in [-0.05, 0) is 17.7 Å². The van der Waals surface area contributed by atoms with Gasteiger partial charge in [-0.3, -0.25) is 4.79 Å². The number of benzene rings is 1. The largest absolute Gasteiger partial charge is 0.355 e. The van der Waals surface area contributed by atoms with E-state index < -0.39 is 0 Å². The van der Waals surface area contributed by atoms with Crippen LogP contribution >= 0.6 is 0 Å². The maximum Gasteiger partial charge on any atom is 0.222 e. The maximum atomic E-state index is 11.4. The Morgan fingerprint density at radius 3 is 2.62 bits per heavy atom. The fourth-order valence-electron chi connectivity index (χ4n) is 1.91. The van der Waals surface area contributed by atoms with Crippen LogP contribution in [0.5, 0.6) is 0 Å². The molecular weight excluding hydrogens is 264 g/mol. The van der Waals surface area contributed by atoms with Crippen molar-refractivity contribution in [1.82, 2.24) is 20.2 Å². The number of carbonyl (C=O) groups excluding carboxylic acids is 1. The number of amides is 1. The summed E-state index contributed by atoms with van der Waals surface area (Å²) in [6, 6.07) is 8.32. The molecule has 0 aliphatic rings. The zero-order chi connectivity index (χ0) is 15.1. The third kappa shape index (κ3) is 4.72. The molecule has 0 saturated heterocycles. The molecule has 0 spiro atoms. The van der Waals surface area contributed by atoms with Crippen molar-refractivity contribution in [3.05, 3.63) is 48.5 Å². The molecule has 112 valence electrons. The van der Waals surface area contributed by atoms with Gasteiger partial charge in [-0.25, -0.2) is 4.98 Å². The molecule has 21 heavy (non-hydrogen) atoms. The van der Waals surface area contributed by atoms with Gasteiger partial charge in [-0.1, -0.05) is 26.0 Å². The third-order valence-corrected chi connectivity index (χ3v) is 3.19. The highest BCUT2D eigenvalue weighted by molar-refractivity contribution is 5.77. The van der Waals surface area contributed by atoms with Crippen molar-refractivity contribution in [3.8, 4) is 5.69 Å². The summed E-state index contributed by atoms with van der Waals surface area (Å²) in [6.07, 6.45) is 5.47. The standard InChI is InChI=1S/C16H22N4O/c1-13(2)16(21)19-8-7-17-11-14-3-5-15(6-4-14)20-10-9-18-12-20/h3-6,9-10,12-13,17H,7-8,11H2,1-2H3,(H,19,21). The van der Waals surface area contributed by atoms with Crippen LogP contribution in [-0.2, 0) is 11.3 Å². The van der Waals surface area contributed by atoms with Crippen LogP contribution in [0.25, 0.3) is 5.69 Å². The van der Waals surface area contributed by atoms with E-state index >= 15 is 0 Å². The Labute approximate surface area is 125 Å². The second-order valence-electron chi connectivity index (χ2n) is 5.26. The molecule has 1 aromatic carbocycles. The number of hydrogen-bond acceptors (Lipinski definition) is 3. The Balaban J connectivity index is 1.71. The van der Waals surface area contributed by atoms with Gasteiger partial charge in [0.1, 0.15) is 0 Å². The Morgan fingerprint density at radius 1 is 1.24 bits per heavy atom.